The summed E-state index contributed by atoms with van der Waals surface area (Å²) in [4.78, 5) is 19.6. The summed E-state index contributed by atoms with van der Waals surface area (Å²) in [5.41, 5.74) is 3.45. The zero-order valence-corrected chi connectivity index (χ0v) is 19.3. The van der Waals surface area contributed by atoms with Crippen molar-refractivity contribution in [3.05, 3.63) is 83.6 Å². The third kappa shape index (κ3) is 5.12. The van der Waals surface area contributed by atoms with E-state index >= 15 is 0 Å². The number of anilines is 1. The summed E-state index contributed by atoms with van der Waals surface area (Å²) in [5, 5.41) is 14.7. The topological polar surface area (TPSA) is 71.0 Å². The highest BCUT2D eigenvalue weighted by Crippen LogP contribution is 2.25. The van der Waals surface area contributed by atoms with Crippen molar-refractivity contribution in [1.82, 2.24) is 20.5 Å². The molecule has 4 aromatic rings. The van der Waals surface area contributed by atoms with Gasteiger partial charge in [0.15, 0.2) is 5.82 Å². The van der Waals surface area contributed by atoms with Crippen LogP contribution >= 0.6 is 11.3 Å². The van der Waals surface area contributed by atoms with Crippen molar-refractivity contribution in [3.8, 4) is 21.8 Å². The average molecular weight is 474 g/mol. The number of rotatable bonds is 6. The van der Waals surface area contributed by atoms with Crippen LogP contribution < -0.4 is 10.2 Å². The Morgan fingerprint density at radius 2 is 1.85 bits per heavy atom. The Hall–Kier alpha value is -3.65. The maximum atomic E-state index is 13.2. The summed E-state index contributed by atoms with van der Waals surface area (Å²) < 4.78 is 13.2. The van der Waals surface area contributed by atoms with Gasteiger partial charge in [-0.2, -0.15) is 0 Å². The van der Waals surface area contributed by atoms with Gasteiger partial charge in [0.2, 0.25) is 5.91 Å². The van der Waals surface area contributed by atoms with Gasteiger partial charge in [0.05, 0.1) is 23.9 Å². The van der Waals surface area contributed by atoms with Gasteiger partial charge in [0, 0.05) is 29.6 Å². The highest BCUT2D eigenvalue weighted by Gasteiger charge is 2.26. The monoisotopic (exact) mass is 473 g/mol. The van der Waals surface area contributed by atoms with E-state index in [1.807, 2.05) is 47.8 Å². The molecule has 34 heavy (non-hydrogen) atoms. The van der Waals surface area contributed by atoms with Gasteiger partial charge in [-0.3, -0.25) is 4.79 Å². The number of nitrogens with one attached hydrogen (secondary N) is 1. The average Bonchev–Trinajstić information content (AvgIpc) is 3.38. The van der Waals surface area contributed by atoms with E-state index in [-0.39, 0.29) is 17.6 Å². The fraction of sp³-hybridized carbons (Fsp3) is 0.231. The van der Waals surface area contributed by atoms with E-state index in [0.717, 1.165) is 47.0 Å². The lowest BCUT2D eigenvalue weighted by Gasteiger charge is -2.32. The summed E-state index contributed by atoms with van der Waals surface area (Å²) in [6.45, 7) is 1.86. The number of hydrogen-bond acceptors (Lipinski definition) is 6. The summed E-state index contributed by atoms with van der Waals surface area (Å²) in [6.07, 6.45) is 1.75. The van der Waals surface area contributed by atoms with Crippen LogP contribution in [0, 0.1) is 11.7 Å². The molecule has 0 bridgehead atoms. The molecule has 6 nitrogen and oxygen atoms in total. The first-order valence-corrected chi connectivity index (χ1v) is 12.2. The summed E-state index contributed by atoms with van der Waals surface area (Å²) in [5.74, 6) is 0.391. The van der Waals surface area contributed by atoms with Gasteiger partial charge in [-0.1, -0.05) is 30.3 Å². The number of piperidine rings is 1. The molecule has 0 spiro atoms. The molecular formula is C26H24FN5OS. The molecule has 1 saturated heterocycles. The van der Waals surface area contributed by atoms with Crippen molar-refractivity contribution < 1.29 is 9.18 Å². The third-order valence-corrected chi connectivity index (χ3v) is 6.86. The molecule has 0 radical (unpaired) electrons. The fourth-order valence-corrected chi connectivity index (χ4v) is 4.92. The van der Waals surface area contributed by atoms with E-state index in [1.54, 1.807) is 23.5 Å². The SMILES string of the molecule is O=C(NCc1csc(-c2ccccc2)n1)C1CCCN(c2ccc(-c3ccc(F)cc3)nn2)C1. The lowest BCUT2D eigenvalue weighted by atomic mass is 9.97. The predicted molar refractivity (Wildman–Crippen MR) is 132 cm³/mol. The molecule has 1 amide bonds. The molecule has 1 aliphatic rings. The van der Waals surface area contributed by atoms with Gasteiger partial charge in [0.25, 0.3) is 0 Å². The first kappa shape index (κ1) is 22.2. The molecular weight excluding hydrogens is 449 g/mol. The lowest BCUT2D eigenvalue weighted by Crippen LogP contribution is -2.43. The number of thiazole rings is 1. The molecule has 1 fully saturated rings. The third-order valence-electron chi connectivity index (χ3n) is 5.92. The Morgan fingerprint density at radius 3 is 2.62 bits per heavy atom. The van der Waals surface area contributed by atoms with Crippen LogP contribution in [0.4, 0.5) is 10.2 Å². The fourth-order valence-electron chi connectivity index (χ4n) is 4.09. The smallest absolute Gasteiger partial charge is 0.225 e. The minimum Gasteiger partial charge on any atom is -0.354 e. The van der Waals surface area contributed by atoms with Gasteiger partial charge < -0.3 is 10.2 Å². The molecule has 3 heterocycles. The number of hydrogen-bond donors (Lipinski definition) is 1. The molecule has 1 unspecified atom stereocenters. The number of aromatic nitrogens is 3. The Kier molecular flexibility index (Phi) is 6.58. The van der Waals surface area contributed by atoms with Gasteiger partial charge in [-0.15, -0.1) is 21.5 Å². The molecule has 2 aromatic heterocycles. The second kappa shape index (κ2) is 10.1. The van der Waals surface area contributed by atoms with Crippen molar-refractivity contribution >= 4 is 23.1 Å². The van der Waals surface area contributed by atoms with Gasteiger partial charge in [-0.05, 0) is 49.2 Å². The summed E-state index contributed by atoms with van der Waals surface area (Å²) in [7, 11) is 0. The molecule has 172 valence electrons. The summed E-state index contributed by atoms with van der Waals surface area (Å²) >= 11 is 1.58. The standard InChI is InChI=1S/C26H24FN5OS/c27-21-10-8-18(9-11-21)23-12-13-24(31-30-23)32-14-4-7-20(16-32)25(33)28-15-22-17-34-26(29-22)19-5-2-1-3-6-19/h1-3,5-6,8-13,17,20H,4,7,14-16H2,(H,28,33). The molecule has 0 aliphatic carbocycles. The first-order chi connectivity index (χ1) is 16.7. The molecule has 5 rings (SSSR count). The van der Waals surface area contributed by atoms with Crippen LogP contribution in [0.1, 0.15) is 18.5 Å². The second-order valence-electron chi connectivity index (χ2n) is 8.30. The van der Waals surface area contributed by atoms with Crippen LogP contribution in [0.15, 0.2) is 72.1 Å². The zero-order chi connectivity index (χ0) is 23.3. The largest absolute Gasteiger partial charge is 0.354 e. The van der Waals surface area contributed by atoms with E-state index in [4.69, 9.17) is 0 Å². The van der Waals surface area contributed by atoms with Crippen LogP contribution in [0.3, 0.4) is 0 Å². The molecule has 1 aliphatic heterocycles. The number of amides is 1. The Balaban J connectivity index is 1.18. The summed E-state index contributed by atoms with van der Waals surface area (Å²) in [6, 6.07) is 20.0. The maximum absolute atomic E-state index is 13.2. The van der Waals surface area contributed by atoms with Crippen LogP contribution in [-0.4, -0.2) is 34.2 Å². The Bertz CT molecular complexity index is 1240. The molecule has 2 aromatic carbocycles. The Labute approximate surface area is 201 Å². The van der Waals surface area contributed by atoms with E-state index in [1.165, 1.54) is 12.1 Å². The number of nitrogens with zero attached hydrogens (tertiary/aromatic N) is 4. The van der Waals surface area contributed by atoms with E-state index in [0.29, 0.717) is 18.8 Å². The van der Waals surface area contributed by atoms with Crippen LogP contribution in [-0.2, 0) is 11.3 Å². The molecule has 1 N–H and O–H groups in total. The van der Waals surface area contributed by atoms with Crippen molar-refractivity contribution in [2.75, 3.05) is 18.0 Å². The minimum absolute atomic E-state index is 0.0369. The van der Waals surface area contributed by atoms with Crippen molar-refractivity contribution in [3.63, 3.8) is 0 Å². The zero-order valence-electron chi connectivity index (χ0n) is 18.5. The minimum atomic E-state index is -0.280. The van der Waals surface area contributed by atoms with Gasteiger partial charge in [0.1, 0.15) is 10.8 Å². The van der Waals surface area contributed by atoms with E-state index < -0.39 is 0 Å². The predicted octanol–water partition coefficient (Wildman–Crippen LogP) is 4.94. The Morgan fingerprint density at radius 1 is 1.03 bits per heavy atom. The van der Waals surface area contributed by atoms with E-state index in [9.17, 15) is 9.18 Å². The molecule has 1 atom stereocenters. The highest BCUT2D eigenvalue weighted by molar-refractivity contribution is 7.13. The van der Waals surface area contributed by atoms with Gasteiger partial charge >= 0.3 is 0 Å². The first-order valence-electron chi connectivity index (χ1n) is 11.3. The normalized spacial score (nSPS) is 15.8. The van der Waals surface area contributed by atoms with Gasteiger partial charge in [-0.25, -0.2) is 9.37 Å². The highest BCUT2D eigenvalue weighted by atomic mass is 32.1. The number of benzene rings is 2. The van der Waals surface area contributed by atoms with Crippen molar-refractivity contribution in [1.29, 1.82) is 0 Å². The number of carbonyl (C=O) groups is 1. The number of carbonyl (C=O) groups excluding carboxylic acids is 1. The molecule has 0 saturated carbocycles. The van der Waals surface area contributed by atoms with Crippen molar-refractivity contribution in [2.45, 2.75) is 19.4 Å². The quantitative estimate of drug-likeness (QED) is 0.430. The van der Waals surface area contributed by atoms with Crippen LogP contribution in [0.2, 0.25) is 0 Å². The van der Waals surface area contributed by atoms with E-state index in [2.05, 4.69) is 25.4 Å². The van der Waals surface area contributed by atoms with Crippen LogP contribution in [0.5, 0.6) is 0 Å². The van der Waals surface area contributed by atoms with Crippen molar-refractivity contribution in [2.24, 2.45) is 5.92 Å². The molecule has 8 heteroatoms. The van der Waals surface area contributed by atoms with Crippen LogP contribution in [0.25, 0.3) is 21.8 Å². The second-order valence-corrected chi connectivity index (χ2v) is 9.15. The lowest BCUT2D eigenvalue weighted by molar-refractivity contribution is -0.125. The maximum Gasteiger partial charge on any atom is 0.225 e. The number of halogens is 1.